The third-order valence-corrected chi connectivity index (χ3v) is 4.37. The number of ether oxygens (including phenoxy) is 1. The molecule has 0 radical (unpaired) electrons. The quantitative estimate of drug-likeness (QED) is 0.880. The minimum absolute atomic E-state index is 0.0837. The summed E-state index contributed by atoms with van der Waals surface area (Å²) in [5.41, 5.74) is 0.613. The molecule has 0 spiro atoms. The number of para-hydroxylation sites is 1. The summed E-state index contributed by atoms with van der Waals surface area (Å²) < 4.78 is 19.4. The predicted octanol–water partition coefficient (Wildman–Crippen LogP) is 0.851. The molecule has 0 bridgehead atoms. The Bertz CT molecular complexity index is 532. The molecule has 2 atom stereocenters. The predicted molar refractivity (Wildman–Crippen MR) is 82.4 cm³/mol. The number of anilines is 1. The van der Waals surface area contributed by atoms with E-state index >= 15 is 0 Å². The average Bonchev–Trinajstić information content (AvgIpc) is 2.55. The number of rotatable bonds is 2. The molecule has 2 aliphatic rings. The molecule has 0 saturated carbocycles. The molecule has 6 heteroatoms. The van der Waals surface area contributed by atoms with Crippen LogP contribution in [0.4, 0.5) is 10.1 Å². The van der Waals surface area contributed by atoms with Crippen LogP contribution in [0.15, 0.2) is 24.3 Å². The molecule has 0 unspecified atom stereocenters. The van der Waals surface area contributed by atoms with E-state index in [2.05, 4.69) is 5.32 Å². The van der Waals surface area contributed by atoms with Crippen LogP contribution in [0.2, 0.25) is 0 Å². The smallest absolute Gasteiger partial charge is 0.242 e. The summed E-state index contributed by atoms with van der Waals surface area (Å²) in [5.74, 6) is -0.126. The van der Waals surface area contributed by atoms with E-state index in [1.54, 1.807) is 12.1 Å². The Labute approximate surface area is 130 Å². The van der Waals surface area contributed by atoms with Gasteiger partial charge in [-0.05, 0) is 19.1 Å². The van der Waals surface area contributed by atoms with Gasteiger partial charge in [-0.25, -0.2) is 4.39 Å². The van der Waals surface area contributed by atoms with Crippen LogP contribution in [-0.4, -0.2) is 62.3 Å². The van der Waals surface area contributed by atoms with Crippen molar-refractivity contribution < 1.29 is 13.9 Å². The van der Waals surface area contributed by atoms with E-state index in [9.17, 15) is 9.18 Å². The summed E-state index contributed by atoms with van der Waals surface area (Å²) in [6.45, 7) is 5.78. The first-order valence-corrected chi connectivity index (χ1v) is 7.80. The van der Waals surface area contributed by atoms with Crippen LogP contribution in [-0.2, 0) is 9.53 Å². The number of carbonyl (C=O) groups is 1. The Morgan fingerprint density at radius 1 is 1.27 bits per heavy atom. The van der Waals surface area contributed by atoms with Crippen molar-refractivity contribution in [1.29, 1.82) is 0 Å². The van der Waals surface area contributed by atoms with Gasteiger partial charge in [0.05, 0.1) is 18.4 Å². The van der Waals surface area contributed by atoms with Crippen LogP contribution in [0.5, 0.6) is 0 Å². The third kappa shape index (κ3) is 3.08. The number of hydrogen-bond acceptors (Lipinski definition) is 4. The van der Waals surface area contributed by atoms with E-state index in [1.807, 2.05) is 22.8 Å². The zero-order valence-corrected chi connectivity index (χ0v) is 12.8. The SMILES string of the molecule is C[C@H]1OCCN[C@@H]1C(=O)N1CCN(c2ccccc2F)CC1. The van der Waals surface area contributed by atoms with Gasteiger partial charge in [-0.1, -0.05) is 12.1 Å². The lowest BCUT2D eigenvalue weighted by molar-refractivity contribution is -0.139. The maximum Gasteiger partial charge on any atom is 0.242 e. The number of nitrogens with one attached hydrogen (secondary N) is 1. The largest absolute Gasteiger partial charge is 0.375 e. The maximum absolute atomic E-state index is 13.8. The molecule has 120 valence electrons. The summed E-state index contributed by atoms with van der Waals surface area (Å²) in [4.78, 5) is 16.4. The summed E-state index contributed by atoms with van der Waals surface area (Å²) >= 11 is 0. The van der Waals surface area contributed by atoms with Crippen molar-refractivity contribution in [2.75, 3.05) is 44.2 Å². The highest BCUT2D eigenvalue weighted by atomic mass is 19.1. The van der Waals surface area contributed by atoms with Crippen molar-refractivity contribution in [3.8, 4) is 0 Å². The highest BCUT2D eigenvalue weighted by Gasteiger charge is 2.33. The number of carbonyl (C=O) groups excluding carboxylic acids is 1. The van der Waals surface area contributed by atoms with Crippen LogP contribution in [0.1, 0.15) is 6.92 Å². The van der Waals surface area contributed by atoms with Crippen LogP contribution >= 0.6 is 0 Å². The van der Waals surface area contributed by atoms with Crippen molar-refractivity contribution in [3.63, 3.8) is 0 Å². The molecule has 2 saturated heterocycles. The first-order chi connectivity index (χ1) is 10.7. The van der Waals surface area contributed by atoms with E-state index in [0.717, 1.165) is 0 Å². The Morgan fingerprint density at radius 2 is 2.00 bits per heavy atom. The summed E-state index contributed by atoms with van der Waals surface area (Å²) in [7, 11) is 0. The lowest BCUT2D eigenvalue weighted by atomic mass is 10.1. The molecule has 2 fully saturated rings. The summed E-state index contributed by atoms with van der Waals surface area (Å²) in [6.07, 6.45) is -0.106. The van der Waals surface area contributed by atoms with Crippen molar-refractivity contribution in [2.24, 2.45) is 0 Å². The van der Waals surface area contributed by atoms with Gasteiger partial charge in [0.25, 0.3) is 0 Å². The molecule has 1 aromatic carbocycles. The second-order valence-corrected chi connectivity index (χ2v) is 5.77. The van der Waals surface area contributed by atoms with Crippen LogP contribution < -0.4 is 10.2 Å². The second-order valence-electron chi connectivity index (χ2n) is 5.77. The minimum Gasteiger partial charge on any atom is -0.375 e. The number of piperazine rings is 1. The standard InChI is InChI=1S/C16H22FN3O2/c1-12-15(18-6-11-22-12)16(21)20-9-7-19(8-10-20)14-5-3-2-4-13(14)17/h2-5,12,15,18H,6-11H2,1H3/t12-,15+/m1/s1. The fraction of sp³-hybridized carbons (Fsp3) is 0.562. The molecule has 1 aromatic rings. The molecule has 3 rings (SSSR count). The number of halogens is 1. The number of amides is 1. The molecule has 2 aliphatic heterocycles. The van der Waals surface area contributed by atoms with Gasteiger partial charge in [0.2, 0.25) is 5.91 Å². The Kier molecular flexibility index (Phi) is 4.59. The second kappa shape index (κ2) is 6.62. The van der Waals surface area contributed by atoms with Crippen LogP contribution in [0, 0.1) is 5.82 Å². The van der Waals surface area contributed by atoms with Gasteiger partial charge in [-0.15, -0.1) is 0 Å². The Hall–Kier alpha value is -1.66. The lowest BCUT2D eigenvalue weighted by Crippen LogP contribution is -2.59. The third-order valence-electron chi connectivity index (χ3n) is 4.37. The minimum atomic E-state index is -0.270. The fourth-order valence-corrected chi connectivity index (χ4v) is 3.08. The molecule has 1 N–H and O–H groups in total. The Balaban J connectivity index is 1.59. The van der Waals surface area contributed by atoms with Crippen LogP contribution in [0.25, 0.3) is 0 Å². The molecule has 0 aromatic heterocycles. The molecule has 2 heterocycles. The number of morpholine rings is 1. The molecule has 1 amide bonds. The molecule has 0 aliphatic carbocycles. The maximum atomic E-state index is 13.8. The molecular weight excluding hydrogens is 285 g/mol. The highest BCUT2D eigenvalue weighted by molar-refractivity contribution is 5.83. The first kappa shape index (κ1) is 15.2. The zero-order chi connectivity index (χ0) is 15.5. The van der Waals surface area contributed by atoms with Gasteiger partial charge < -0.3 is 19.9 Å². The fourth-order valence-electron chi connectivity index (χ4n) is 3.08. The summed E-state index contributed by atoms with van der Waals surface area (Å²) in [6, 6.07) is 6.51. The van der Waals surface area contributed by atoms with Crippen molar-refractivity contribution in [1.82, 2.24) is 10.2 Å². The van der Waals surface area contributed by atoms with Gasteiger partial charge in [0.15, 0.2) is 0 Å². The molecular formula is C16H22FN3O2. The highest BCUT2D eigenvalue weighted by Crippen LogP contribution is 2.20. The monoisotopic (exact) mass is 307 g/mol. The number of benzene rings is 1. The molecule has 5 nitrogen and oxygen atoms in total. The zero-order valence-electron chi connectivity index (χ0n) is 12.8. The van der Waals surface area contributed by atoms with Gasteiger partial charge in [-0.2, -0.15) is 0 Å². The van der Waals surface area contributed by atoms with Crippen molar-refractivity contribution in [2.45, 2.75) is 19.1 Å². The van der Waals surface area contributed by atoms with E-state index in [0.29, 0.717) is 45.0 Å². The van der Waals surface area contributed by atoms with E-state index in [1.165, 1.54) is 6.07 Å². The van der Waals surface area contributed by atoms with E-state index in [-0.39, 0.29) is 23.9 Å². The van der Waals surface area contributed by atoms with Gasteiger partial charge in [-0.3, -0.25) is 4.79 Å². The first-order valence-electron chi connectivity index (χ1n) is 7.80. The van der Waals surface area contributed by atoms with Crippen molar-refractivity contribution >= 4 is 11.6 Å². The normalized spacial score (nSPS) is 26.1. The topological polar surface area (TPSA) is 44.8 Å². The van der Waals surface area contributed by atoms with Gasteiger partial charge in [0.1, 0.15) is 11.9 Å². The van der Waals surface area contributed by atoms with Gasteiger partial charge in [0, 0.05) is 32.7 Å². The van der Waals surface area contributed by atoms with Crippen molar-refractivity contribution in [3.05, 3.63) is 30.1 Å². The Morgan fingerprint density at radius 3 is 2.68 bits per heavy atom. The van der Waals surface area contributed by atoms with E-state index in [4.69, 9.17) is 4.74 Å². The van der Waals surface area contributed by atoms with Crippen LogP contribution in [0.3, 0.4) is 0 Å². The van der Waals surface area contributed by atoms with E-state index < -0.39 is 0 Å². The molecule has 22 heavy (non-hydrogen) atoms. The number of hydrogen-bond donors (Lipinski definition) is 1. The number of nitrogens with zero attached hydrogens (tertiary/aromatic N) is 2. The summed E-state index contributed by atoms with van der Waals surface area (Å²) in [5, 5.41) is 3.23. The van der Waals surface area contributed by atoms with Gasteiger partial charge >= 0.3 is 0 Å². The lowest BCUT2D eigenvalue weighted by Gasteiger charge is -2.39. The average molecular weight is 307 g/mol.